The largest absolute Gasteiger partial charge is 0.508 e. The lowest BCUT2D eigenvalue weighted by atomic mass is 10.1. The van der Waals surface area contributed by atoms with Gasteiger partial charge in [-0.2, -0.15) is 5.43 Å². The molecule has 0 aromatic heterocycles. The summed E-state index contributed by atoms with van der Waals surface area (Å²) in [7, 11) is 2.98. The molecule has 10 heteroatoms. The topological polar surface area (TPSA) is 121 Å². The Bertz CT molecular complexity index is 965. The second kappa shape index (κ2) is 7.14. The van der Waals surface area contributed by atoms with E-state index >= 15 is 0 Å². The minimum absolute atomic E-state index is 0.0637. The van der Waals surface area contributed by atoms with E-state index in [-0.39, 0.29) is 23.4 Å². The van der Waals surface area contributed by atoms with Crippen LogP contribution in [0.1, 0.15) is 12.5 Å². The molecule has 2 heterocycles. The maximum Gasteiger partial charge on any atom is 0.414 e. The van der Waals surface area contributed by atoms with Gasteiger partial charge in [0.1, 0.15) is 11.5 Å². The van der Waals surface area contributed by atoms with Gasteiger partial charge in [-0.15, -0.1) is 5.10 Å². The summed E-state index contributed by atoms with van der Waals surface area (Å²) in [6.45, 7) is 6.04. The van der Waals surface area contributed by atoms with Crippen LogP contribution in [-0.4, -0.2) is 81.2 Å². The number of imide groups is 1. The van der Waals surface area contributed by atoms with E-state index in [4.69, 9.17) is 0 Å². The summed E-state index contributed by atoms with van der Waals surface area (Å²) < 4.78 is 1.67. The van der Waals surface area contributed by atoms with Crippen molar-refractivity contribution in [2.45, 2.75) is 13.0 Å². The zero-order valence-corrected chi connectivity index (χ0v) is 15.7. The van der Waals surface area contributed by atoms with Gasteiger partial charge in [-0.3, -0.25) is 14.6 Å². The molecule has 2 aliphatic heterocycles. The Morgan fingerprint density at radius 2 is 2.07 bits per heavy atom. The monoisotopic (exact) mass is 385 g/mol. The van der Waals surface area contributed by atoms with Crippen molar-refractivity contribution in [1.29, 1.82) is 0 Å². The van der Waals surface area contributed by atoms with Crippen molar-refractivity contribution in [2.75, 3.05) is 20.6 Å². The van der Waals surface area contributed by atoms with Crippen LogP contribution in [-0.2, 0) is 4.79 Å². The fourth-order valence-corrected chi connectivity index (χ4v) is 2.95. The van der Waals surface area contributed by atoms with Crippen molar-refractivity contribution in [3.63, 3.8) is 0 Å². The molecule has 1 aromatic rings. The molecule has 1 atom stereocenters. The van der Waals surface area contributed by atoms with Crippen LogP contribution in [0.2, 0.25) is 0 Å². The normalized spacial score (nSPS) is 19.4. The third-order valence-electron chi connectivity index (χ3n) is 4.35. The number of nitrogens with zero attached hydrogens (tertiary/aromatic N) is 5. The summed E-state index contributed by atoms with van der Waals surface area (Å²) in [5.74, 6) is -0.00508. The fraction of sp³-hybridized carbons (Fsp3) is 0.278. The first-order valence-corrected chi connectivity index (χ1v) is 8.43. The summed E-state index contributed by atoms with van der Waals surface area (Å²) in [5, 5.41) is 23.2. The molecule has 1 unspecified atom stereocenters. The number of carbonyl (C=O) groups is 2. The molecule has 1 aromatic carbocycles. The number of hydrogen-bond acceptors (Lipinski definition) is 7. The number of hydrazone groups is 1. The van der Waals surface area contributed by atoms with Crippen molar-refractivity contribution in [2.24, 2.45) is 10.1 Å². The molecule has 0 bridgehead atoms. The van der Waals surface area contributed by atoms with Crippen LogP contribution in [0.15, 0.2) is 40.4 Å². The fourth-order valence-electron chi connectivity index (χ4n) is 2.95. The number of hydrogen-bond donors (Lipinski definition) is 3. The smallest absolute Gasteiger partial charge is 0.414 e. The lowest BCUT2D eigenvalue weighted by molar-refractivity contribution is -0.529. The second-order valence-electron chi connectivity index (χ2n) is 6.63. The van der Waals surface area contributed by atoms with Gasteiger partial charge in [0.05, 0.1) is 12.8 Å². The predicted molar refractivity (Wildman–Crippen MR) is 103 cm³/mol. The SMILES string of the molecule is C=C(C)C[N+]1=C(N/N=C/c2ccc(O)cc2O)N=C2C1C(=O)N(C)C(=O)N2C. The number of aromatic hydroxyl groups is 2. The highest BCUT2D eigenvalue weighted by molar-refractivity contribution is 6.22. The number of phenols is 2. The summed E-state index contributed by atoms with van der Waals surface area (Å²) in [6.07, 6.45) is 1.35. The number of benzene rings is 1. The molecule has 1 saturated heterocycles. The number of guanidine groups is 1. The summed E-state index contributed by atoms with van der Waals surface area (Å²) in [5.41, 5.74) is 3.93. The number of phenolic OH excluding ortho intramolecular Hbond substituents is 2. The molecule has 3 amide bonds. The predicted octanol–water partition coefficient (Wildman–Crippen LogP) is 0.270. The van der Waals surface area contributed by atoms with Crippen LogP contribution >= 0.6 is 0 Å². The summed E-state index contributed by atoms with van der Waals surface area (Å²) in [6, 6.07) is 2.89. The van der Waals surface area contributed by atoms with E-state index in [9.17, 15) is 19.8 Å². The molecule has 3 N–H and O–H groups in total. The van der Waals surface area contributed by atoms with E-state index < -0.39 is 12.1 Å². The molecule has 10 nitrogen and oxygen atoms in total. The van der Waals surface area contributed by atoms with Crippen molar-refractivity contribution in [3.05, 3.63) is 35.9 Å². The number of amidine groups is 1. The molecular weight excluding hydrogens is 364 g/mol. The summed E-state index contributed by atoms with van der Waals surface area (Å²) in [4.78, 5) is 31.6. The molecule has 0 aliphatic carbocycles. The molecular formula is C18H21N6O4+. The zero-order chi connectivity index (χ0) is 20.6. The number of aliphatic imine (C=N–C) groups is 1. The van der Waals surface area contributed by atoms with Crippen molar-refractivity contribution < 1.29 is 24.4 Å². The maximum atomic E-state index is 12.7. The average Bonchev–Trinajstić information content (AvgIpc) is 2.98. The van der Waals surface area contributed by atoms with Crippen LogP contribution in [0.4, 0.5) is 4.79 Å². The molecule has 0 saturated carbocycles. The van der Waals surface area contributed by atoms with Crippen molar-refractivity contribution in [3.8, 4) is 11.5 Å². The number of amides is 3. The zero-order valence-electron chi connectivity index (χ0n) is 15.7. The summed E-state index contributed by atoms with van der Waals surface area (Å²) >= 11 is 0. The van der Waals surface area contributed by atoms with Gasteiger partial charge < -0.3 is 10.2 Å². The van der Waals surface area contributed by atoms with E-state index in [1.54, 1.807) is 11.6 Å². The Morgan fingerprint density at radius 1 is 1.36 bits per heavy atom. The number of nitrogens with one attached hydrogen (secondary N) is 1. The quantitative estimate of drug-likeness (QED) is 0.297. The molecule has 1 fully saturated rings. The van der Waals surface area contributed by atoms with Gasteiger partial charge in [-0.1, -0.05) is 11.6 Å². The van der Waals surface area contributed by atoms with Crippen LogP contribution in [0.25, 0.3) is 0 Å². The van der Waals surface area contributed by atoms with Crippen LogP contribution in [0.3, 0.4) is 0 Å². The van der Waals surface area contributed by atoms with Crippen molar-refractivity contribution >= 4 is 29.9 Å². The number of likely N-dealkylation sites (N-methyl/N-ethyl adjacent to an activating group) is 2. The first-order valence-electron chi connectivity index (χ1n) is 8.43. The van der Waals surface area contributed by atoms with Crippen LogP contribution in [0.5, 0.6) is 11.5 Å². The lowest BCUT2D eigenvalue weighted by Gasteiger charge is -2.31. The Kier molecular flexibility index (Phi) is 4.87. The van der Waals surface area contributed by atoms with Crippen LogP contribution < -0.4 is 5.43 Å². The minimum atomic E-state index is -0.760. The highest BCUT2D eigenvalue weighted by Crippen LogP contribution is 2.21. The third kappa shape index (κ3) is 3.31. The van der Waals surface area contributed by atoms with Gasteiger partial charge in [0, 0.05) is 25.7 Å². The maximum absolute atomic E-state index is 12.7. The van der Waals surface area contributed by atoms with E-state index in [1.807, 2.05) is 6.92 Å². The molecule has 0 spiro atoms. The average molecular weight is 385 g/mol. The molecule has 0 radical (unpaired) electrons. The number of carbonyl (C=O) groups excluding carboxylic acids is 2. The first-order chi connectivity index (χ1) is 13.2. The number of fused-ring (bicyclic) bond motifs is 1. The van der Waals surface area contributed by atoms with Crippen molar-refractivity contribution in [1.82, 2.24) is 15.2 Å². The van der Waals surface area contributed by atoms with Gasteiger partial charge in [0.15, 0.2) is 0 Å². The van der Waals surface area contributed by atoms with Gasteiger partial charge in [-0.05, 0) is 24.6 Å². The first kappa shape index (κ1) is 19.1. The van der Waals surface area contributed by atoms with Gasteiger partial charge in [0.25, 0.3) is 5.91 Å². The Labute approximate surface area is 161 Å². The van der Waals surface area contributed by atoms with E-state index in [0.717, 1.165) is 10.5 Å². The molecule has 28 heavy (non-hydrogen) atoms. The highest BCUT2D eigenvalue weighted by Gasteiger charge is 2.51. The number of rotatable bonds is 4. The Balaban J connectivity index is 1.92. The molecule has 146 valence electrons. The minimum Gasteiger partial charge on any atom is -0.508 e. The third-order valence-corrected chi connectivity index (χ3v) is 4.35. The van der Waals surface area contributed by atoms with Crippen LogP contribution in [0, 0.1) is 0 Å². The lowest BCUT2D eigenvalue weighted by Crippen LogP contribution is -2.61. The molecule has 2 aliphatic rings. The Hall–Kier alpha value is -3.69. The van der Waals surface area contributed by atoms with E-state index in [2.05, 4.69) is 22.1 Å². The second-order valence-corrected chi connectivity index (χ2v) is 6.63. The highest BCUT2D eigenvalue weighted by atomic mass is 16.3. The Morgan fingerprint density at radius 3 is 2.71 bits per heavy atom. The molecule has 3 rings (SSSR count). The van der Waals surface area contributed by atoms with E-state index in [1.165, 1.54) is 36.4 Å². The van der Waals surface area contributed by atoms with Gasteiger partial charge in [-0.25, -0.2) is 9.37 Å². The standard InChI is InChI=1S/C18H20N6O4/c1-10(2)9-24-14-15(22(3)18(28)23(4)16(14)27)20-17(24)21-19-8-11-5-6-12(25)7-13(11)26/h5-8,14H,1,9H2,2-4H3,(H2,19,25,26)/p+1. The van der Waals surface area contributed by atoms with Gasteiger partial charge >= 0.3 is 12.0 Å². The number of urea groups is 1. The van der Waals surface area contributed by atoms with Gasteiger partial charge in [0.2, 0.25) is 11.9 Å². The van der Waals surface area contributed by atoms with E-state index in [0.29, 0.717) is 17.9 Å².